The Bertz CT molecular complexity index is 1260. The van der Waals surface area contributed by atoms with Crippen LogP contribution in [0.3, 0.4) is 0 Å². The number of hydrogen-bond acceptors (Lipinski definition) is 8. The molecule has 4 bridgehead atoms. The molecule has 10 nitrogen and oxygen atoms in total. The van der Waals surface area contributed by atoms with Gasteiger partial charge in [0, 0.05) is 50.0 Å². The van der Waals surface area contributed by atoms with Crippen molar-refractivity contribution in [1.29, 1.82) is 0 Å². The van der Waals surface area contributed by atoms with Gasteiger partial charge in [-0.05, 0) is 63.0 Å². The molecule has 5 fully saturated rings. The summed E-state index contributed by atoms with van der Waals surface area (Å²) in [4.78, 5) is 29.2. The highest BCUT2D eigenvalue weighted by atomic mass is 16.5. The van der Waals surface area contributed by atoms with Crippen LogP contribution in [0.15, 0.2) is 23.0 Å². The summed E-state index contributed by atoms with van der Waals surface area (Å²) in [7, 11) is 2.05. The number of anilines is 1. The Hall–Kier alpha value is -2.98. The van der Waals surface area contributed by atoms with E-state index in [1.807, 2.05) is 12.3 Å². The SMILES string of the molecule is CN1CCN(C(=O)c2noc(-c3cnc4[nH]ccc4c3NC3C4CC5CC3CC(O)(C5)C4)n2)CC1. The molecule has 3 aromatic heterocycles. The van der Waals surface area contributed by atoms with Crippen LogP contribution in [0.2, 0.25) is 0 Å². The lowest BCUT2D eigenvalue weighted by atomic mass is 9.52. The molecular weight excluding hydrogens is 446 g/mol. The lowest BCUT2D eigenvalue weighted by Crippen LogP contribution is -2.59. The van der Waals surface area contributed by atoms with Gasteiger partial charge in [0.1, 0.15) is 5.65 Å². The first kappa shape index (κ1) is 21.3. The van der Waals surface area contributed by atoms with Gasteiger partial charge in [-0.15, -0.1) is 0 Å². The van der Waals surface area contributed by atoms with Crippen LogP contribution in [-0.2, 0) is 0 Å². The lowest BCUT2D eigenvalue weighted by Gasteiger charge is -2.58. The van der Waals surface area contributed by atoms with E-state index < -0.39 is 5.60 Å². The number of likely N-dealkylation sites (N-methyl/N-ethyl adjacent to an activating group) is 1. The van der Waals surface area contributed by atoms with E-state index in [0.717, 1.165) is 61.9 Å². The number of carbonyl (C=O) groups is 1. The van der Waals surface area contributed by atoms with Gasteiger partial charge < -0.3 is 29.7 Å². The van der Waals surface area contributed by atoms with Crippen LogP contribution in [-0.4, -0.2) is 85.8 Å². The summed E-state index contributed by atoms with van der Waals surface area (Å²) >= 11 is 0. The second kappa shape index (κ2) is 7.76. The van der Waals surface area contributed by atoms with E-state index in [1.54, 1.807) is 11.1 Å². The number of piperazine rings is 1. The molecule has 0 radical (unpaired) electrons. The number of fused-ring (bicyclic) bond motifs is 1. The number of H-pyrrole nitrogens is 1. The number of nitrogens with one attached hydrogen (secondary N) is 2. The molecule has 1 aliphatic heterocycles. The Morgan fingerprint density at radius 2 is 1.97 bits per heavy atom. The number of nitrogens with zero attached hydrogens (tertiary/aromatic N) is 5. The first-order valence-electron chi connectivity index (χ1n) is 12.7. The number of aliphatic hydroxyl groups is 1. The van der Waals surface area contributed by atoms with Crippen LogP contribution >= 0.6 is 0 Å². The van der Waals surface area contributed by atoms with Gasteiger partial charge in [0.25, 0.3) is 17.6 Å². The predicted molar refractivity (Wildman–Crippen MR) is 129 cm³/mol. The molecule has 8 rings (SSSR count). The van der Waals surface area contributed by atoms with Gasteiger partial charge >= 0.3 is 0 Å². The number of hydrogen-bond donors (Lipinski definition) is 3. The van der Waals surface area contributed by atoms with E-state index in [0.29, 0.717) is 42.3 Å². The quantitative estimate of drug-likeness (QED) is 0.523. The number of carbonyl (C=O) groups excluding carboxylic acids is 1. The molecule has 0 spiro atoms. The maximum absolute atomic E-state index is 13.0. The number of pyridine rings is 1. The van der Waals surface area contributed by atoms with E-state index >= 15 is 0 Å². The van der Waals surface area contributed by atoms with Gasteiger partial charge in [0.05, 0.1) is 16.9 Å². The molecule has 2 unspecified atom stereocenters. The second-order valence-corrected chi connectivity index (χ2v) is 11.2. The Labute approximate surface area is 203 Å². The summed E-state index contributed by atoms with van der Waals surface area (Å²) in [5, 5.41) is 19.9. The monoisotopic (exact) mass is 477 g/mol. The Morgan fingerprint density at radius 1 is 1.20 bits per heavy atom. The highest BCUT2D eigenvalue weighted by Crippen LogP contribution is 2.56. The normalized spacial score (nSPS) is 32.5. The van der Waals surface area contributed by atoms with E-state index in [-0.39, 0.29) is 17.8 Å². The number of aromatic nitrogens is 4. The smallest absolute Gasteiger partial charge is 0.295 e. The Balaban J connectivity index is 1.21. The van der Waals surface area contributed by atoms with Crippen molar-refractivity contribution in [3.63, 3.8) is 0 Å². The third-order valence-electron chi connectivity index (χ3n) is 8.78. The van der Waals surface area contributed by atoms with Crippen molar-refractivity contribution in [1.82, 2.24) is 29.9 Å². The van der Waals surface area contributed by atoms with Crippen molar-refractivity contribution in [3.05, 3.63) is 24.3 Å². The summed E-state index contributed by atoms with van der Waals surface area (Å²) in [6.45, 7) is 2.97. The van der Waals surface area contributed by atoms with Crippen molar-refractivity contribution in [3.8, 4) is 11.5 Å². The fourth-order valence-electron chi connectivity index (χ4n) is 7.28. The second-order valence-electron chi connectivity index (χ2n) is 11.2. The summed E-state index contributed by atoms with van der Waals surface area (Å²) in [6.07, 6.45) is 8.62. The Morgan fingerprint density at radius 3 is 2.71 bits per heavy atom. The molecule has 35 heavy (non-hydrogen) atoms. The fourth-order valence-corrected chi connectivity index (χ4v) is 7.28. The van der Waals surface area contributed by atoms with Gasteiger partial charge in [-0.3, -0.25) is 4.79 Å². The maximum atomic E-state index is 13.0. The molecular formula is C25H31N7O3. The van der Waals surface area contributed by atoms with Crippen molar-refractivity contribution in [2.75, 3.05) is 38.5 Å². The molecule has 4 heterocycles. The Kier molecular flexibility index (Phi) is 4.73. The molecule has 1 amide bonds. The first-order valence-corrected chi connectivity index (χ1v) is 12.7. The molecule has 3 N–H and O–H groups in total. The van der Waals surface area contributed by atoms with Crippen molar-refractivity contribution >= 4 is 22.6 Å². The van der Waals surface area contributed by atoms with E-state index in [4.69, 9.17) is 4.52 Å². The summed E-state index contributed by atoms with van der Waals surface area (Å²) in [5.74, 6) is 1.70. The van der Waals surface area contributed by atoms with Gasteiger partial charge in [-0.2, -0.15) is 4.98 Å². The highest BCUT2D eigenvalue weighted by Gasteiger charge is 2.54. The molecule has 4 aliphatic carbocycles. The average Bonchev–Trinajstić information content (AvgIpc) is 3.50. The predicted octanol–water partition coefficient (Wildman–Crippen LogP) is 2.35. The van der Waals surface area contributed by atoms with Crippen LogP contribution in [0.1, 0.15) is 42.7 Å². The number of aromatic amines is 1. The van der Waals surface area contributed by atoms with Crippen molar-refractivity contribution in [2.24, 2.45) is 17.8 Å². The average molecular weight is 478 g/mol. The van der Waals surface area contributed by atoms with Crippen LogP contribution in [0.25, 0.3) is 22.5 Å². The van der Waals surface area contributed by atoms with Gasteiger partial charge in [0.2, 0.25) is 0 Å². The molecule has 5 aliphatic rings. The van der Waals surface area contributed by atoms with Crippen LogP contribution in [0.4, 0.5) is 5.69 Å². The zero-order valence-corrected chi connectivity index (χ0v) is 19.9. The molecule has 0 aromatic carbocycles. The largest absolute Gasteiger partial charge is 0.390 e. The minimum atomic E-state index is -0.482. The van der Waals surface area contributed by atoms with E-state index in [9.17, 15) is 9.90 Å². The van der Waals surface area contributed by atoms with Crippen LogP contribution in [0.5, 0.6) is 0 Å². The molecule has 2 atom stereocenters. The molecule has 10 heteroatoms. The topological polar surface area (TPSA) is 123 Å². The molecule has 3 aromatic rings. The number of rotatable bonds is 4. The number of amides is 1. The van der Waals surface area contributed by atoms with E-state index in [1.165, 1.54) is 0 Å². The van der Waals surface area contributed by atoms with Gasteiger partial charge in [-0.1, -0.05) is 5.16 Å². The van der Waals surface area contributed by atoms with Crippen molar-refractivity contribution < 1.29 is 14.4 Å². The van der Waals surface area contributed by atoms with Crippen LogP contribution < -0.4 is 5.32 Å². The minimum Gasteiger partial charge on any atom is -0.390 e. The zero-order chi connectivity index (χ0) is 23.7. The standard InChI is InChI=1S/C25H31N7O3/c1-31-4-6-32(7-5-31)24(33)22-29-23(35-30-22)18-13-27-21-17(2-3-26-21)20(18)28-19-15-8-14-9-16(19)12-25(34,10-14)11-15/h2-3,13-16,19,34H,4-12H2,1H3,(H2,26,27,28). The summed E-state index contributed by atoms with van der Waals surface area (Å²) in [5.41, 5.74) is 1.91. The lowest BCUT2D eigenvalue weighted by molar-refractivity contribution is -0.129. The fraction of sp³-hybridized carbons (Fsp3) is 0.600. The van der Waals surface area contributed by atoms with Gasteiger partial charge in [0.15, 0.2) is 0 Å². The maximum Gasteiger partial charge on any atom is 0.295 e. The highest BCUT2D eigenvalue weighted by molar-refractivity contribution is 5.97. The van der Waals surface area contributed by atoms with E-state index in [2.05, 4.69) is 37.4 Å². The summed E-state index contributed by atoms with van der Waals surface area (Å²) < 4.78 is 5.62. The minimum absolute atomic E-state index is 0.0847. The molecule has 1 saturated heterocycles. The third-order valence-corrected chi connectivity index (χ3v) is 8.78. The van der Waals surface area contributed by atoms with Crippen molar-refractivity contribution in [2.45, 2.75) is 43.7 Å². The molecule has 184 valence electrons. The first-order chi connectivity index (χ1) is 17.0. The third kappa shape index (κ3) is 3.53. The molecule has 4 saturated carbocycles. The zero-order valence-electron chi connectivity index (χ0n) is 19.9. The van der Waals surface area contributed by atoms with Crippen LogP contribution in [0, 0.1) is 17.8 Å². The van der Waals surface area contributed by atoms with Gasteiger partial charge in [-0.25, -0.2) is 4.98 Å². The summed E-state index contributed by atoms with van der Waals surface area (Å²) in [6, 6.07) is 2.28.